The maximum atomic E-state index is 11.5. The van der Waals surface area contributed by atoms with Crippen molar-refractivity contribution in [3.8, 4) is 12.3 Å². The lowest BCUT2D eigenvalue weighted by Gasteiger charge is -2.19. The highest BCUT2D eigenvalue weighted by Gasteiger charge is 2.10. The zero-order chi connectivity index (χ0) is 10.8. The summed E-state index contributed by atoms with van der Waals surface area (Å²) in [6.45, 7) is 3.92. The van der Waals surface area contributed by atoms with Crippen LogP contribution in [-0.2, 0) is 9.53 Å². The molecule has 0 aromatic rings. The molecular formula is C10H18N2O2. The van der Waals surface area contributed by atoms with E-state index < -0.39 is 0 Å². The number of nitrogens with two attached hydrogens (primary N) is 1. The van der Waals surface area contributed by atoms with Gasteiger partial charge in [-0.1, -0.05) is 12.8 Å². The van der Waals surface area contributed by atoms with Crippen LogP contribution in [0.4, 0.5) is 0 Å². The minimum atomic E-state index is -0.0711. The number of nitrogens with zero attached hydrogens (tertiary/aromatic N) is 1. The summed E-state index contributed by atoms with van der Waals surface area (Å²) in [7, 11) is 0. The molecule has 0 heterocycles. The molecule has 14 heavy (non-hydrogen) atoms. The second-order valence-electron chi connectivity index (χ2n) is 2.86. The standard InChI is InChI=1S/C10H18N2O2/c1-3-6-12(7-4-2)10(13)9-14-8-5-11/h1H,4-9,11H2,2H3. The molecule has 0 bridgehead atoms. The molecule has 0 aromatic heterocycles. The molecule has 0 fully saturated rings. The van der Waals surface area contributed by atoms with Crippen LogP contribution >= 0.6 is 0 Å². The largest absolute Gasteiger partial charge is 0.370 e. The van der Waals surface area contributed by atoms with Crippen molar-refractivity contribution in [1.82, 2.24) is 4.90 Å². The molecule has 0 rings (SSSR count). The number of terminal acetylenes is 1. The Bertz CT molecular complexity index is 199. The van der Waals surface area contributed by atoms with Crippen LogP contribution in [0.5, 0.6) is 0 Å². The van der Waals surface area contributed by atoms with Crippen molar-refractivity contribution < 1.29 is 9.53 Å². The molecular weight excluding hydrogens is 180 g/mol. The van der Waals surface area contributed by atoms with Crippen LogP contribution in [0.3, 0.4) is 0 Å². The van der Waals surface area contributed by atoms with E-state index in [-0.39, 0.29) is 12.5 Å². The number of rotatable bonds is 7. The van der Waals surface area contributed by atoms with Gasteiger partial charge in [-0.25, -0.2) is 0 Å². The second-order valence-corrected chi connectivity index (χ2v) is 2.86. The van der Waals surface area contributed by atoms with Gasteiger partial charge < -0.3 is 15.4 Å². The fourth-order valence-electron chi connectivity index (χ4n) is 1.01. The Labute approximate surface area is 85.4 Å². The van der Waals surface area contributed by atoms with Crippen molar-refractivity contribution in [2.24, 2.45) is 5.73 Å². The topological polar surface area (TPSA) is 55.6 Å². The second kappa shape index (κ2) is 8.54. The molecule has 1 amide bonds. The normalized spacial score (nSPS) is 9.50. The van der Waals surface area contributed by atoms with Crippen LogP contribution in [0.25, 0.3) is 0 Å². The quantitative estimate of drug-likeness (QED) is 0.456. The first-order valence-corrected chi connectivity index (χ1v) is 4.75. The highest BCUT2D eigenvalue weighted by Crippen LogP contribution is 1.92. The van der Waals surface area contributed by atoms with Crippen molar-refractivity contribution in [2.45, 2.75) is 13.3 Å². The fourth-order valence-corrected chi connectivity index (χ4v) is 1.01. The van der Waals surface area contributed by atoms with Gasteiger partial charge in [-0.2, -0.15) is 0 Å². The van der Waals surface area contributed by atoms with Gasteiger partial charge in [0.1, 0.15) is 6.61 Å². The Morgan fingerprint density at radius 1 is 1.64 bits per heavy atom. The van der Waals surface area contributed by atoms with Crippen LogP contribution in [0.1, 0.15) is 13.3 Å². The summed E-state index contributed by atoms with van der Waals surface area (Å²) in [5, 5.41) is 0. The Morgan fingerprint density at radius 3 is 2.86 bits per heavy atom. The summed E-state index contributed by atoms with van der Waals surface area (Å²) in [5.41, 5.74) is 5.23. The van der Waals surface area contributed by atoms with Crippen LogP contribution < -0.4 is 5.73 Å². The van der Waals surface area contributed by atoms with E-state index in [0.717, 1.165) is 6.42 Å². The van der Waals surface area contributed by atoms with Crippen LogP contribution in [0.15, 0.2) is 0 Å². The molecule has 4 heteroatoms. The third-order valence-corrected chi connectivity index (χ3v) is 1.62. The van der Waals surface area contributed by atoms with Crippen molar-refractivity contribution in [2.75, 3.05) is 32.8 Å². The molecule has 0 aliphatic heterocycles. The van der Waals surface area contributed by atoms with Crippen molar-refractivity contribution in [1.29, 1.82) is 0 Å². The Morgan fingerprint density at radius 2 is 2.36 bits per heavy atom. The summed E-state index contributed by atoms with van der Waals surface area (Å²) in [5.74, 6) is 2.38. The molecule has 0 spiro atoms. The molecule has 4 nitrogen and oxygen atoms in total. The van der Waals surface area contributed by atoms with E-state index in [0.29, 0.717) is 26.2 Å². The summed E-state index contributed by atoms with van der Waals surface area (Å²) in [4.78, 5) is 13.1. The van der Waals surface area contributed by atoms with Gasteiger partial charge in [0.15, 0.2) is 0 Å². The van der Waals surface area contributed by atoms with Crippen LogP contribution in [-0.4, -0.2) is 43.7 Å². The van der Waals surface area contributed by atoms with Gasteiger partial charge in [0.25, 0.3) is 0 Å². The summed E-state index contributed by atoms with van der Waals surface area (Å²) < 4.78 is 5.03. The lowest BCUT2D eigenvalue weighted by Crippen LogP contribution is -2.35. The van der Waals surface area contributed by atoms with Crippen LogP contribution in [0.2, 0.25) is 0 Å². The Balaban J connectivity index is 3.83. The van der Waals surface area contributed by atoms with E-state index in [9.17, 15) is 4.79 Å². The zero-order valence-electron chi connectivity index (χ0n) is 8.66. The summed E-state index contributed by atoms with van der Waals surface area (Å²) >= 11 is 0. The number of hydrogen-bond acceptors (Lipinski definition) is 3. The summed E-state index contributed by atoms with van der Waals surface area (Å²) in [6, 6.07) is 0. The molecule has 80 valence electrons. The van der Waals surface area contributed by atoms with E-state index >= 15 is 0 Å². The smallest absolute Gasteiger partial charge is 0.249 e. The summed E-state index contributed by atoms with van der Waals surface area (Å²) in [6.07, 6.45) is 6.04. The van der Waals surface area contributed by atoms with Gasteiger partial charge in [0.2, 0.25) is 5.91 Å². The highest BCUT2D eigenvalue weighted by molar-refractivity contribution is 5.77. The zero-order valence-corrected chi connectivity index (χ0v) is 8.66. The lowest BCUT2D eigenvalue weighted by molar-refractivity contribution is -0.135. The SMILES string of the molecule is C#CCN(CCC)C(=O)COCCN. The van der Waals surface area contributed by atoms with Crippen LogP contribution in [0, 0.1) is 12.3 Å². The average molecular weight is 198 g/mol. The first kappa shape index (κ1) is 12.9. The minimum Gasteiger partial charge on any atom is -0.370 e. The van der Waals surface area contributed by atoms with E-state index in [1.165, 1.54) is 0 Å². The highest BCUT2D eigenvalue weighted by atomic mass is 16.5. The van der Waals surface area contributed by atoms with Crippen molar-refractivity contribution >= 4 is 5.91 Å². The van der Waals surface area contributed by atoms with Gasteiger partial charge in [-0.05, 0) is 6.42 Å². The van der Waals surface area contributed by atoms with Gasteiger partial charge in [0.05, 0.1) is 13.2 Å². The molecule has 2 N–H and O–H groups in total. The maximum Gasteiger partial charge on any atom is 0.249 e. The monoisotopic (exact) mass is 198 g/mol. The van der Waals surface area contributed by atoms with E-state index in [1.807, 2.05) is 6.92 Å². The maximum absolute atomic E-state index is 11.5. The first-order chi connectivity index (χ1) is 6.76. The Hall–Kier alpha value is -1.05. The molecule has 0 unspecified atom stereocenters. The number of hydrogen-bond donors (Lipinski definition) is 1. The van der Waals surface area contributed by atoms with Gasteiger partial charge in [0, 0.05) is 13.1 Å². The first-order valence-electron chi connectivity index (χ1n) is 4.75. The Kier molecular flexibility index (Phi) is 7.90. The average Bonchev–Trinajstić information content (AvgIpc) is 2.18. The third kappa shape index (κ3) is 5.57. The number of carbonyl (C=O) groups is 1. The lowest BCUT2D eigenvalue weighted by atomic mass is 10.4. The van der Waals surface area contributed by atoms with Crippen molar-refractivity contribution in [3.05, 3.63) is 0 Å². The molecule has 0 saturated heterocycles. The minimum absolute atomic E-state index is 0.0683. The number of ether oxygens (including phenoxy) is 1. The van der Waals surface area contributed by atoms with Crippen molar-refractivity contribution in [3.63, 3.8) is 0 Å². The van der Waals surface area contributed by atoms with E-state index in [2.05, 4.69) is 5.92 Å². The molecule has 0 aromatic carbocycles. The predicted octanol–water partition coefficient (Wildman–Crippen LogP) is -0.166. The van der Waals surface area contributed by atoms with E-state index in [1.54, 1.807) is 4.90 Å². The predicted molar refractivity (Wildman–Crippen MR) is 55.6 cm³/mol. The van der Waals surface area contributed by atoms with E-state index in [4.69, 9.17) is 16.9 Å². The number of amides is 1. The molecule has 0 radical (unpaired) electrons. The molecule has 0 aliphatic carbocycles. The van der Waals surface area contributed by atoms with Gasteiger partial charge >= 0.3 is 0 Å². The number of carbonyl (C=O) groups excluding carboxylic acids is 1. The van der Waals surface area contributed by atoms with Gasteiger partial charge in [-0.15, -0.1) is 6.42 Å². The molecule has 0 atom stereocenters. The third-order valence-electron chi connectivity index (χ3n) is 1.62. The van der Waals surface area contributed by atoms with Gasteiger partial charge in [-0.3, -0.25) is 4.79 Å². The molecule has 0 aliphatic rings. The fraction of sp³-hybridized carbons (Fsp3) is 0.700. The molecule has 0 saturated carbocycles.